The molecule has 1 saturated carbocycles. The average Bonchev–Trinajstić information content (AvgIpc) is 2.94. The van der Waals surface area contributed by atoms with Crippen LogP contribution in [-0.4, -0.2) is 26.2 Å². The van der Waals surface area contributed by atoms with Crippen molar-refractivity contribution in [3.05, 3.63) is 30.3 Å². The van der Waals surface area contributed by atoms with E-state index in [9.17, 15) is 0 Å². The van der Waals surface area contributed by atoms with Gasteiger partial charge in [-0.3, -0.25) is 4.99 Å². The molecule has 0 radical (unpaired) electrons. The van der Waals surface area contributed by atoms with Crippen LogP contribution in [0.25, 0.3) is 0 Å². The lowest BCUT2D eigenvalue weighted by molar-refractivity contribution is 0.141. The Morgan fingerprint density at radius 1 is 1.29 bits per heavy atom. The first kappa shape index (κ1) is 18.2. The number of hydrogen-bond acceptors (Lipinski definition) is 2. The van der Waals surface area contributed by atoms with Gasteiger partial charge in [-0.2, -0.15) is 0 Å². The van der Waals surface area contributed by atoms with Gasteiger partial charge in [-0.15, -0.1) is 24.0 Å². The zero-order valence-corrected chi connectivity index (χ0v) is 15.0. The molecule has 0 spiro atoms. The summed E-state index contributed by atoms with van der Waals surface area (Å²) in [6.45, 7) is 1.60. The van der Waals surface area contributed by atoms with E-state index < -0.39 is 0 Å². The van der Waals surface area contributed by atoms with Crippen molar-refractivity contribution in [2.24, 2.45) is 16.1 Å². The molecular weight excluding hydrogens is 377 g/mol. The van der Waals surface area contributed by atoms with Crippen molar-refractivity contribution in [3.8, 4) is 0 Å². The first-order valence-electron chi connectivity index (χ1n) is 7.35. The summed E-state index contributed by atoms with van der Waals surface area (Å²) in [5, 5.41) is 3.14. The van der Waals surface area contributed by atoms with Gasteiger partial charge in [0.15, 0.2) is 5.96 Å². The van der Waals surface area contributed by atoms with Crippen molar-refractivity contribution in [2.45, 2.75) is 32.1 Å². The maximum Gasteiger partial charge on any atom is 0.193 e. The summed E-state index contributed by atoms with van der Waals surface area (Å²) >= 11 is 0. The van der Waals surface area contributed by atoms with Crippen LogP contribution in [0.5, 0.6) is 0 Å². The Morgan fingerprint density at radius 3 is 2.57 bits per heavy atom. The Labute approximate surface area is 144 Å². The topological polar surface area (TPSA) is 59.6 Å². The number of nitrogens with zero attached hydrogens (tertiary/aromatic N) is 1. The Balaban J connectivity index is 0.00000220. The van der Waals surface area contributed by atoms with E-state index in [1.165, 1.54) is 25.7 Å². The number of methoxy groups -OCH3 is 1. The highest BCUT2D eigenvalue weighted by atomic mass is 127. The molecule has 0 atom stereocenters. The van der Waals surface area contributed by atoms with Crippen LogP contribution in [0.3, 0.4) is 0 Å². The van der Waals surface area contributed by atoms with E-state index in [1.54, 1.807) is 7.11 Å². The number of ether oxygens (including phenoxy) is 1. The molecule has 1 fully saturated rings. The van der Waals surface area contributed by atoms with Crippen molar-refractivity contribution in [3.63, 3.8) is 0 Å². The van der Waals surface area contributed by atoms with Gasteiger partial charge in [0.2, 0.25) is 0 Å². The van der Waals surface area contributed by atoms with Gasteiger partial charge in [-0.05, 0) is 36.8 Å². The quantitative estimate of drug-likeness (QED) is 0.433. The molecule has 0 saturated heterocycles. The summed E-state index contributed by atoms with van der Waals surface area (Å²) < 4.78 is 5.24. The first-order chi connectivity index (χ1) is 9.74. The number of rotatable bonds is 6. The van der Waals surface area contributed by atoms with E-state index in [0.717, 1.165) is 25.3 Å². The summed E-state index contributed by atoms with van der Waals surface area (Å²) in [6, 6.07) is 9.91. The van der Waals surface area contributed by atoms with Gasteiger partial charge < -0.3 is 15.8 Å². The Kier molecular flexibility index (Phi) is 8.03. The van der Waals surface area contributed by atoms with Gasteiger partial charge in [0.1, 0.15) is 0 Å². The molecule has 0 heterocycles. The lowest BCUT2D eigenvalue weighted by Crippen LogP contribution is -2.28. The fraction of sp³-hybridized carbons (Fsp3) is 0.562. The molecule has 1 aliphatic rings. The Hall–Kier alpha value is -0.820. The molecule has 3 N–H and O–H groups in total. The Morgan fingerprint density at radius 2 is 1.95 bits per heavy atom. The highest BCUT2D eigenvalue weighted by Crippen LogP contribution is 2.41. The van der Waals surface area contributed by atoms with E-state index in [0.29, 0.717) is 11.4 Å². The average molecular weight is 403 g/mol. The molecule has 5 heteroatoms. The largest absolute Gasteiger partial charge is 0.385 e. The second-order valence-electron chi connectivity index (χ2n) is 5.64. The zero-order valence-electron chi connectivity index (χ0n) is 12.7. The molecule has 1 aliphatic carbocycles. The normalized spacial score (nSPS) is 17.3. The predicted octanol–water partition coefficient (Wildman–Crippen LogP) is 3.63. The maximum absolute atomic E-state index is 5.98. The molecule has 1 aromatic rings. The van der Waals surface area contributed by atoms with E-state index in [2.05, 4.69) is 10.3 Å². The fourth-order valence-electron chi connectivity index (χ4n) is 2.89. The lowest BCUT2D eigenvalue weighted by atomic mass is 9.83. The van der Waals surface area contributed by atoms with Gasteiger partial charge in [0, 0.05) is 25.9 Å². The van der Waals surface area contributed by atoms with Crippen molar-refractivity contribution in [2.75, 3.05) is 25.6 Å². The van der Waals surface area contributed by atoms with Gasteiger partial charge in [0.05, 0.1) is 0 Å². The molecule has 118 valence electrons. The summed E-state index contributed by atoms with van der Waals surface area (Å²) in [6.07, 6.45) is 6.14. The minimum Gasteiger partial charge on any atom is -0.385 e. The van der Waals surface area contributed by atoms with Crippen LogP contribution < -0.4 is 11.1 Å². The highest BCUT2D eigenvalue weighted by molar-refractivity contribution is 14.0. The second-order valence-corrected chi connectivity index (χ2v) is 5.64. The van der Waals surface area contributed by atoms with Crippen LogP contribution in [0.4, 0.5) is 5.69 Å². The molecule has 0 aliphatic heterocycles. The number of guanidine groups is 1. The van der Waals surface area contributed by atoms with E-state index in [-0.39, 0.29) is 24.0 Å². The number of para-hydroxylation sites is 1. The van der Waals surface area contributed by atoms with Crippen molar-refractivity contribution in [1.82, 2.24) is 0 Å². The van der Waals surface area contributed by atoms with Crippen LogP contribution in [0.2, 0.25) is 0 Å². The summed E-state index contributed by atoms with van der Waals surface area (Å²) in [7, 11) is 1.76. The number of aliphatic imine (C=N–C) groups is 1. The molecule has 0 aromatic heterocycles. The van der Waals surface area contributed by atoms with Crippen LogP contribution >= 0.6 is 24.0 Å². The molecule has 0 amide bonds. The van der Waals surface area contributed by atoms with Crippen molar-refractivity contribution >= 4 is 35.6 Å². The Bertz CT molecular complexity index is 430. The van der Waals surface area contributed by atoms with Crippen LogP contribution in [-0.2, 0) is 4.74 Å². The second kappa shape index (κ2) is 9.25. The molecule has 2 rings (SSSR count). The van der Waals surface area contributed by atoms with E-state index >= 15 is 0 Å². The predicted molar refractivity (Wildman–Crippen MR) is 99.4 cm³/mol. The molecule has 21 heavy (non-hydrogen) atoms. The van der Waals surface area contributed by atoms with Gasteiger partial charge >= 0.3 is 0 Å². The highest BCUT2D eigenvalue weighted by Gasteiger charge is 2.33. The van der Waals surface area contributed by atoms with Gasteiger partial charge in [-0.1, -0.05) is 31.0 Å². The molecule has 1 aromatic carbocycles. The van der Waals surface area contributed by atoms with Gasteiger partial charge in [-0.25, -0.2) is 0 Å². The summed E-state index contributed by atoms with van der Waals surface area (Å²) in [5.41, 5.74) is 7.25. The van der Waals surface area contributed by atoms with Crippen molar-refractivity contribution in [1.29, 1.82) is 0 Å². The van der Waals surface area contributed by atoms with Crippen LogP contribution in [0.1, 0.15) is 32.1 Å². The summed E-state index contributed by atoms with van der Waals surface area (Å²) in [4.78, 5) is 4.55. The first-order valence-corrected chi connectivity index (χ1v) is 7.35. The standard InChI is InChI=1S/C16H25N3O.HI/c1-20-12-11-16(9-5-6-10-16)13-18-15(17)19-14-7-3-2-4-8-14;/h2-4,7-8H,5-6,9-13H2,1H3,(H3,17,18,19);1H. The monoisotopic (exact) mass is 403 g/mol. The number of hydrogen-bond donors (Lipinski definition) is 2. The van der Waals surface area contributed by atoms with Gasteiger partial charge in [0.25, 0.3) is 0 Å². The summed E-state index contributed by atoms with van der Waals surface area (Å²) in [5.74, 6) is 0.500. The molecule has 0 unspecified atom stereocenters. The fourth-order valence-corrected chi connectivity index (χ4v) is 2.89. The van der Waals surface area contributed by atoms with E-state index in [1.807, 2.05) is 30.3 Å². The maximum atomic E-state index is 5.98. The minimum absolute atomic E-state index is 0. The van der Waals surface area contributed by atoms with Crippen LogP contribution in [0, 0.1) is 5.41 Å². The third-order valence-electron chi connectivity index (χ3n) is 4.13. The number of benzene rings is 1. The smallest absolute Gasteiger partial charge is 0.193 e. The number of halogens is 1. The molecular formula is C16H26IN3O. The third-order valence-corrected chi connectivity index (χ3v) is 4.13. The van der Waals surface area contributed by atoms with Crippen molar-refractivity contribution < 1.29 is 4.74 Å². The number of anilines is 1. The zero-order chi connectivity index (χ0) is 14.3. The lowest BCUT2D eigenvalue weighted by Gasteiger charge is -2.26. The molecule has 0 bridgehead atoms. The number of nitrogens with two attached hydrogens (primary N) is 1. The van der Waals surface area contributed by atoms with E-state index in [4.69, 9.17) is 10.5 Å². The van der Waals surface area contributed by atoms with Crippen LogP contribution in [0.15, 0.2) is 35.3 Å². The minimum atomic E-state index is 0. The molecule has 4 nitrogen and oxygen atoms in total. The number of nitrogens with one attached hydrogen (secondary N) is 1. The third kappa shape index (κ3) is 5.82. The SMILES string of the molecule is COCCC1(CN=C(N)Nc2ccccc2)CCCC1.I.